The zero-order valence-electron chi connectivity index (χ0n) is 11.3. The summed E-state index contributed by atoms with van der Waals surface area (Å²) in [4.78, 5) is 11.8. The van der Waals surface area contributed by atoms with E-state index in [4.69, 9.17) is 21.4 Å². The molecule has 2 rings (SSSR count). The largest absolute Gasteiger partial charge is 0.508 e. The average Bonchev–Trinajstić information content (AvgIpc) is 2.44. The first-order valence-corrected chi connectivity index (χ1v) is 6.69. The van der Waals surface area contributed by atoms with Gasteiger partial charge >= 0.3 is 6.03 Å². The van der Waals surface area contributed by atoms with E-state index in [0.717, 1.165) is 0 Å². The minimum atomic E-state index is -0.511. The molecule has 0 aliphatic carbocycles. The van der Waals surface area contributed by atoms with Crippen LogP contribution in [0.2, 0.25) is 5.02 Å². The number of carbonyl (C=O) groups is 1. The van der Waals surface area contributed by atoms with Crippen LogP contribution in [0.5, 0.6) is 11.5 Å². The molecule has 0 aliphatic heterocycles. The zero-order chi connectivity index (χ0) is 15.2. The summed E-state index contributed by atoms with van der Waals surface area (Å²) in [6.07, 6.45) is -0.511. The van der Waals surface area contributed by atoms with Gasteiger partial charge in [-0.25, -0.2) is 4.79 Å². The Hall–Kier alpha value is -2.40. The monoisotopic (exact) mass is 306 g/mol. The summed E-state index contributed by atoms with van der Waals surface area (Å²) < 4.78 is 5.53. The van der Waals surface area contributed by atoms with Crippen LogP contribution >= 0.6 is 11.6 Å². The highest BCUT2D eigenvalue weighted by Gasteiger charge is 2.08. The molecule has 0 radical (unpaired) electrons. The molecule has 0 aromatic heterocycles. The first-order chi connectivity index (χ1) is 10.0. The second-order valence-electron chi connectivity index (χ2n) is 4.36. The Morgan fingerprint density at radius 2 is 1.76 bits per heavy atom. The molecule has 0 heterocycles. The molecule has 2 aromatic rings. The molecule has 0 fully saturated rings. The molecule has 21 heavy (non-hydrogen) atoms. The van der Waals surface area contributed by atoms with Crippen LogP contribution in [0.15, 0.2) is 48.5 Å². The summed E-state index contributed by atoms with van der Waals surface area (Å²) in [5.74, 6) is 0.747. The van der Waals surface area contributed by atoms with Crippen LogP contribution < -0.4 is 15.4 Å². The number of anilines is 1. The van der Waals surface area contributed by atoms with Crippen LogP contribution in [-0.2, 0) is 0 Å². The number of rotatable bonds is 4. The lowest BCUT2D eigenvalue weighted by atomic mass is 10.3. The van der Waals surface area contributed by atoms with Gasteiger partial charge in [-0.15, -0.1) is 0 Å². The first kappa shape index (κ1) is 15.0. The number of nitrogens with one attached hydrogen (secondary N) is 2. The second-order valence-corrected chi connectivity index (χ2v) is 4.80. The summed E-state index contributed by atoms with van der Waals surface area (Å²) >= 11 is 5.78. The maximum Gasteiger partial charge on any atom is 0.322 e. The Morgan fingerprint density at radius 3 is 2.38 bits per heavy atom. The van der Waals surface area contributed by atoms with E-state index in [1.165, 1.54) is 12.1 Å². The number of hydrogen-bond acceptors (Lipinski definition) is 3. The van der Waals surface area contributed by atoms with E-state index in [-0.39, 0.29) is 5.75 Å². The summed E-state index contributed by atoms with van der Waals surface area (Å²) in [7, 11) is 0. The minimum Gasteiger partial charge on any atom is -0.508 e. The lowest BCUT2D eigenvalue weighted by molar-refractivity contribution is 0.183. The van der Waals surface area contributed by atoms with Crippen LogP contribution in [0.4, 0.5) is 10.5 Å². The number of benzene rings is 2. The van der Waals surface area contributed by atoms with Gasteiger partial charge in [0.2, 0.25) is 0 Å². The number of phenolic OH excluding ortho intramolecular Hbond substituents is 1. The average molecular weight is 307 g/mol. The SMILES string of the molecule is CC(NC(=O)Nc1ccc(O)cc1)Oc1ccc(Cl)cc1. The van der Waals surface area contributed by atoms with Crippen molar-refractivity contribution in [2.45, 2.75) is 13.2 Å². The Labute approximate surface area is 127 Å². The fourth-order valence-corrected chi connectivity index (χ4v) is 1.77. The summed E-state index contributed by atoms with van der Waals surface area (Å²) in [6.45, 7) is 1.71. The molecular weight excluding hydrogens is 292 g/mol. The number of phenols is 1. The molecule has 110 valence electrons. The van der Waals surface area contributed by atoms with Crippen LogP contribution in [0.25, 0.3) is 0 Å². The van der Waals surface area contributed by atoms with Crippen molar-refractivity contribution < 1.29 is 14.6 Å². The van der Waals surface area contributed by atoms with Crippen LogP contribution in [0.3, 0.4) is 0 Å². The highest BCUT2D eigenvalue weighted by Crippen LogP contribution is 2.16. The molecular formula is C15H15ClN2O3. The summed E-state index contributed by atoms with van der Waals surface area (Å²) in [5.41, 5.74) is 0.573. The lowest BCUT2D eigenvalue weighted by Gasteiger charge is -2.16. The van der Waals surface area contributed by atoms with Gasteiger partial charge in [0.05, 0.1) is 0 Å². The van der Waals surface area contributed by atoms with Gasteiger partial charge < -0.3 is 20.5 Å². The number of aromatic hydroxyl groups is 1. The molecule has 5 nitrogen and oxygen atoms in total. The number of hydrogen-bond donors (Lipinski definition) is 3. The van der Waals surface area contributed by atoms with Crippen molar-refractivity contribution in [2.24, 2.45) is 0 Å². The van der Waals surface area contributed by atoms with Gasteiger partial charge in [-0.1, -0.05) is 11.6 Å². The predicted octanol–water partition coefficient (Wildman–Crippen LogP) is 3.59. The topological polar surface area (TPSA) is 70.6 Å². The third-order valence-corrected chi connectivity index (χ3v) is 2.84. The van der Waals surface area contributed by atoms with E-state index < -0.39 is 12.3 Å². The zero-order valence-corrected chi connectivity index (χ0v) is 12.1. The van der Waals surface area contributed by atoms with Gasteiger partial charge in [-0.3, -0.25) is 0 Å². The van der Waals surface area contributed by atoms with Gasteiger partial charge in [-0.2, -0.15) is 0 Å². The molecule has 0 saturated carbocycles. The molecule has 1 unspecified atom stereocenters. The molecule has 0 spiro atoms. The van der Waals surface area contributed by atoms with Crippen molar-refractivity contribution in [1.29, 1.82) is 0 Å². The standard InChI is InChI=1S/C15H15ClN2O3/c1-10(21-14-8-2-11(16)3-9-14)17-15(20)18-12-4-6-13(19)7-5-12/h2-10,19H,1H3,(H2,17,18,20). The van der Waals surface area contributed by atoms with Gasteiger partial charge in [0.15, 0.2) is 6.23 Å². The van der Waals surface area contributed by atoms with Crippen molar-refractivity contribution >= 4 is 23.3 Å². The van der Waals surface area contributed by atoms with Crippen LogP contribution in [-0.4, -0.2) is 17.4 Å². The maximum atomic E-state index is 11.8. The lowest BCUT2D eigenvalue weighted by Crippen LogP contribution is -2.39. The molecule has 6 heteroatoms. The normalized spacial score (nSPS) is 11.5. The highest BCUT2D eigenvalue weighted by molar-refractivity contribution is 6.30. The number of carbonyl (C=O) groups excluding carboxylic acids is 1. The number of ether oxygens (including phenoxy) is 1. The van der Waals surface area contributed by atoms with Crippen molar-refractivity contribution in [1.82, 2.24) is 5.32 Å². The molecule has 3 N–H and O–H groups in total. The fourth-order valence-electron chi connectivity index (χ4n) is 1.64. The predicted molar refractivity (Wildman–Crippen MR) is 81.8 cm³/mol. The molecule has 0 aliphatic rings. The van der Waals surface area contributed by atoms with Crippen molar-refractivity contribution in [2.75, 3.05) is 5.32 Å². The fraction of sp³-hybridized carbons (Fsp3) is 0.133. The number of amides is 2. The van der Waals surface area contributed by atoms with E-state index >= 15 is 0 Å². The molecule has 2 amide bonds. The number of urea groups is 1. The Bertz CT molecular complexity index is 599. The first-order valence-electron chi connectivity index (χ1n) is 6.32. The van der Waals surface area contributed by atoms with Crippen molar-refractivity contribution in [3.05, 3.63) is 53.6 Å². The highest BCUT2D eigenvalue weighted by atomic mass is 35.5. The van der Waals surface area contributed by atoms with Gasteiger partial charge in [-0.05, 0) is 55.5 Å². The third kappa shape index (κ3) is 4.89. The Kier molecular flexibility index (Phi) is 4.90. The quantitative estimate of drug-likeness (QED) is 0.597. The molecule has 0 bridgehead atoms. The molecule has 0 saturated heterocycles. The second kappa shape index (κ2) is 6.85. The number of halogens is 1. The van der Waals surface area contributed by atoms with E-state index in [9.17, 15) is 4.79 Å². The Morgan fingerprint density at radius 1 is 1.14 bits per heavy atom. The Balaban J connectivity index is 1.84. The van der Waals surface area contributed by atoms with E-state index in [2.05, 4.69) is 10.6 Å². The van der Waals surface area contributed by atoms with Gasteiger partial charge in [0.1, 0.15) is 11.5 Å². The smallest absolute Gasteiger partial charge is 0.322 e. The van der Waals surface area contributed by atoms with Crippen molar-refractivity contribution in [3.63, 3.8) is 0 Å². The summed E-state index contributed by atoms with van der Waals surface area (Å²) in [6, 6.07) is 12.6. The van der Waals surface area contributed by atoms with Gasteiger partial charge in [0.25, 0.3) is 0 Å². The molecule has 2 aromatic carbocycles. The molecule has 1 atom stereocenters. The van der Waals surface area contributed by atoms with Crippen molar-refractivity contribution in [3.8, 4) is 11.5 Å². The van der Waals surface area contributed by atoms with Gasteiger partial charge in [0, 0.05) is 10.7 Å². The minimum absolute atomic E-state index is 0.139. The summed E-state index contributed by atoms with van der Waals surface area (Å²) in [5, 5.41) is 15.1. The maximum absolute atomic E-state index is 11.8. The van der Waals surface area contributed by atoms with Crippen LogP contribution in [0.1, 0.15) is 6.92 Å². The van der Waals surface area contributed by atoms with Crippen LogP contribution in [0, 0.1) is 0 Å². The van der Waals surface area contributed by atoms with E-state index in [1.54, 1.807) is 43.3 Å². The van der Waals surface area contributed by atoms with E-state index in [0.29, 0.717) is 16.5 Å². The van der Waals surface area contributed by atoms with E-state index in [1.807, 2.05) is 0 Å². The third-order valence-electron chi connectivity index (χ3n) is 2.59.